The Balaban J connectivity index is 2.20. The summed E-state index contributed by atoms with van der Waals surface area (Å²) >= 11 is 4.80. The van der Waals surface area contributed by atoms with Crippen LogP contribution in [0.15, 0.2) is 0 Å². The minimum Gasteiger partial charge on any atom is -0.393 e. The second-order valence-corrected chi connectivity index (χ2v) is 5.30. The third kappa shape index (κ3) is 5.29. The highest BCUT2D eigenvalue weighted by molar-refractivity contribution is 7.80. The summed E-state index contributed by atoms with van der Waals surface area (Å²) in [6.07, 6.45) is 2.17. The van der Waals surface area contributed by atoms with Gasteiger partial charge in [0.05, 0.1) is 11.6 Å². The zero-order chi connectivity index (χ0) is 13.5. The molecule has 0 aromatic carbocycles. The van der Waals surface area contributed by atoms with Gasteiger partial charge in [0.1, 0.15) is 0 Å². The minimum absolute atomic E-state index is 0.136. The van der Waals surface area contributed by atoms with E-state index in [1.54, 1.807) is 11.9 Å². The Kier molecular flexibility index (Phi) is 6.52. The monoisotopic (exact) mass is 273 g/mol. The summed E-state index contributed by atoms with van der Waals surface area (Å²) in [5.41, 5.74) is 5.42. The Bertz CT molecular complexity index is 293. The summed E-state index contributed by atoms with van der Waals surface area (Å²) in [6.45, 7) is 2.98. The maximum absolute atomic E-state index is 11.9. The van der Waals surface area contributed by atoms with Crippen molar-refractivity contribution in [1.29, 1.82) is 0 Å². The van der Waals surface area contributed by atoms with Gasteiger partial charge in [0.2, 0.25) is 5.91 Å². The number of amides is 1. The van der Waals surface area contributed by atoms with E-state index in [1.807, 2.05) is 7.05 Å². The fraction of sp³-hybridized carbons (Fsp3) is 0.833. The molecule has 2 N–H and O–H groups in total. The highest BCUT2D eigenvalue weighted by Gasteiger charge is 2.20. The lowest BCUT2D eigenvalue weighted by Gasteiger charge is -2.24. The van der Waals surface area contributed by atoms with Gasteiger partial charge in [0.25, 0.3) is 0 Å². The van der Waals surface area contributed by atoms with Crippen molar-refractivity contribution in [1.82, 2.24) is 9.80 Å². The van der Waals surface area contributed by atoms with Crippen LogP contribution in [0.3, 0.4) is 0 Å². The molecule has 0 saturated carbocycles. The molecule has 1 atom stereocenters. The Hall–Kier alpha value is -0.720. The van der Waals surface area contributed by atoms with Crippen LogP contribution in [0.1, 0.15) is 19.3 Å². The van der Waals surface area contributed by atoms with Gasteiger partial charge in [-0.1, -0.05) is 12.2 Å². The quantitative estimate of drug-likeness (QED) is 0.673. The molecule has 1 amide bonds. The van der Waals surface area contributed by atoms with Crippen molar-refractivity contribution in [3.05, 3.63) is 0 Å². The average molecular weight is 273 g/mol. The standard InChI is InChI=1S/C12H23N3O2S/c1-14(10-5-8-17-9-10)7-4-12(16)15(2)6-3-11(13)18/h10H,3-9H2,1-2H3,(H2,13,18). The predicted octanol–water partition coefficient (Wildman–Crippen LogP) is 0.232. The Morgan fingerprint density at radius 1 is 1.39 bits per heavy atom. The minimum atomic E-state index is 0.136. The summed E-state index contributed by atoms with van der Waals surface area (Å²) < 4.78 is 5.33. The number of rotatable bonds is 7. The second kappa shape index (κ2) is 7.66. The molecule has 18 heavy (non-hydrogen) atoms. The van der Waals surface area contributed by atoms with Crippen LogP contribution in [-0.4, -0.2) is 67.1 Å². The molecule has 1 aliphatic rings. The number of nitrogens with two attached hydrogens (primary N) is 1. The van der Waals surface area contributed by atoms with Gasteiger partial charge < -0.3 is 20.3 Å². The normalized spacial score (nSPS) is 19.2. The molecule has 1 fully saturated rings. The molecule has 0 bridgehead atoms. The summed E-state index contributed by atoms with van der Waals surface area (Å²) in [6, 6.07) is 0.458. The number of likely N-dealkylation sites (N-methyl/N-ethyl adjacent to an activating group) is 1. The number of hydrogen-bond acceptors (Lipinski definition) is 4. The first-order valence-corrected chi connectivity index (χ1v) is 6.71. The van der Waals surface area contributed by atoms with Gasteiger partial charge in [0, 0.05) is 45.6 Å². The van der Waals surface area contributed by atoms with Gasteiger partial charge in [-0.15, -0.1) is 0 Å². The topological polar surface area (TPSA) is 58.8 Å². The molecule has 6 heteroatoms. The van der Waals surface area contributed by atoms with Crippen LogP contribution < -0.4 is 5.73 Å². The number of carbonyl (C=O) groups is 1. The fourth-order valence-corrected chi connectivity index (χ4v) is 2.01. The van der Waals surface area contributed by atoms with Crippen LogP contribution in [0.25, 0.3) is 0 Å². The smallest absolute Gasteiger partial charge is 0.223 e. The Morgan fingerprint density at radius 2 is 2.11 bits per heavy atom. The lowest BCUT2D eigenvalue weighted by Crippen LogP contribution is -2.37. The van der Waals surface area contributed by atoms with Gasteiger partial charge in [0.15, 0.2) is 0 Å². The molecule has 1 unspecified atom stereocenters. The highest BCUT2D eigenvalue weighted by Crippen LogP contribution is 2.10. The molecule has 1 rings (SSSR count). The number of ether oxygens (including phenoxy) is 1. The maximum Gasteiger partial charge on any atom is 0.223 e. The summed E-state index contributed by atoms with van der Waals surface area (Å²) in [4.78, 5) is 16.2. The molecule has 0 aromatic rings. The highest BCUT2D eigenvalue weighted by atomic mass is 32.1. The Morgan fingerprint density at radius 3 is 2.67 bits per heavy atom. The molecule has 104 valence electrons. The molecule has 0 spiro atoms. The summed E-state index contributed by atoms with van der Waals surface area (Å²) in [5, 5.41) is 0. The van der Waals surface area contributed by atoms with E-state index in [0.29, 0.717) is 30.4 Å². The van der Waals surface area contributed by atoms with Gasteiger partial charge in [-0.25, -0.2) is 0 Å². The fourth-order valence-electron chi connectivity index (χ4n) is 1.92. The van der Waals surface area contributed by atoms with Crippen LogP contribution in [-0.2, 0) is 9.53 Å². The molecule has 1 saturated heterocycles. The van der Waals surface area contributed by atoms with Crippen molar-refractivity contribution in [2.45, 2.75) is 25.3 Å². The van der Waals surface area contributed by atoms with E-state index in [-0.39, 0.29) is 5.91 Å². The van der Waals surface area contributed by atoms with Gasteiger partial charge in [-0.05, 0) is 13.5 Å². The summed E-state index contributed by atoms with van der Waals surface area (Å²) in [7, 11) is 3.83. The van der Waals surface area contributed by atoms with E-state index in [0.717, 1.165) is 26.2 Å². The predicted molar refractivity (Wildman–Crippen MR) is 75.5 cm³/mol. The average Bonchev–Trinajstić information content (AvgIpc) is 2.86. The van der Waals surface area contributed by atoms with E-state index in [2.05, 4.69) is 4.90 Å². The molecular formula is C12H23N3O2S. The Labute approximate surface area is 114 Å². The van der Waals surface area contributed by atoms with Crippen LogP contribution in [0, 0.1) is 0 Å². The summed E-state index contributed by atoms with van der Waals surface area (Å²) in [5.74, 6) is 0.136. The lowest BCUT2D eigenvalue weighted by atomic mass is 10.2. The molecule has 0 aromatic heterocycles. The first-order chi connectivity index (χ1) is 8.50. The largest absolute Gasteiger partial charge is 0.393 e. The van der Waals surface area contributed by atoms with Gasteiger partial charge >= 0.3 is 0 Å². The third-order valence-corrected chi connectivity index (χ3v) is 3.53. The number of carbonyl (C=O) groups excluding carboxylic acids is 1. The van der Waals surface area contributed by atoms with E-state index < -0.39 is 0 Å². The zero-order valence-electron chi connectivity index (χ0n) is 11.2. The van der Waals surface area contributed by atoms with Crippen molar-refractivity contribution in [3.8, 4) is 0 Å². The van der Waals surface area contributed by atoms with Crippen molar-refractivity contribution >= 4 is 23.1 Å². The van der Waals surface area contributed by atoms with Gasteiger partial charge in [-0.3, -0.25) is 4.79 Å². The third-order valence-electron chi connectivity index (χ3n) is 3.33. The number of hydrogen-bond donors (Lipinski definition) is 1. The molecule has 0 aliphatic carbocycles. The SMILES string of the molecule is CN(CCC(N)=S)C(=O)CCN(C)C1CCOC1. The molecule has 1 aliphatic heterocycles. The van der Waals surface area contributed by atoms with E-state index in [9.17, 15) is 4.79 Å². The number of nitrogens with zero attached hydrogens (tertiary/aromatic N) is 2. The van der Waals surface area contributed by atoms with E-state index in [1.165, 1.54) is 0 Å². The molecule has 5 nitrogen and oxygen atoms in total. The van der Waals surface area contributed by atoms with E-state index >= 15 is 0 Å². The second-order valence-electron chi connectivity index (χ2n) is 4.78. The van der Waals surface area contributed by atoms with Crippen LogP contribution >= 0.6 is 12.2 Å². The van der Waals surface area contributed by atoms with Crippen molar-refractivity contribution in [3.63, 3.8) is 0 Å². The maximum atomic E-state index is 11.9. The van der Waals surface area contributed by atoms with Crippen molar-refractivity contribution in [2.24, 2.45) is 5.73 Å². The zero-order valence-corrected chi connectivity index (χ0v) is 12.0. The van der Waals surface area contributed by atoms with Crippen LogP contribution in [0.5, 0.6) is 0 Å². The van der Waals surface area contributed by atoms with Gasteiger partial charge in [-0.2, -0.15) is 0 Å². The lowest BCUT2D eigenvalue weighted by molar-refractivity contribution is -0.130. The molecule has 1 heterocycles. The van der Waals surface area contributed by atoms with Crippen molar-refractivity contribution in [2.75, 3.05) is 40.4 Å². The first kappa shape index (κ1) is 15.3. The first-order valence-electron chi connectivity index (χ1n) is 6.31. The van der Waals surface area contributed by atoms with Crippen LogP contribution in [0.2, 0.25) is 0 Å². The molecular weight excluding hydrogens is 250 g/mol. The van der Waals surface area contributed by atoms with Crippen LogP contribution in [0.4, 0.5) is 0 Å². The number of thiocarbonyl (C=S) groups is 1. The van der Waals surface area contributed by atoms with E-state index in [4.69, 9.17) is 22.7 Å². The van der Waals surface area contributed by atoms with Crippen molar-refractivity contribution < 1.29 is 9.53 Å². The molecule has 0 radical (unpaired) electrons.